The van der Waals surface area contributed by atoms with Crippen molar-refractivity contribution >= 4 is 11.8 Å². The number of carbonyl (C=O) groups excluding carboxylic acids is 2. The Labute approximate surface area is 163 Å². The highest BCUT2D eigenvalue weighted by molar-refractivity contribution is 5.87. The molecule has 1 saturated carbocycles. The van der Waals surface area contributed by atoms with Gasteiger partial charge in [0.1, 0.15) is 5.82 Å². The molecule has 4 rings (SSSR count). The van der Waals surface area contributed by atoms with Crippen molar-refractivity contribution in [2.45, 2.75) is 24.9 Å². The van der Waals surface area contributed by atoms with Crippen LogP contribution in [0.2, 0.25) is 0 Å². The number of morpholine rings is 1. The first-order chi connectivity index (χ1) is 13.5. The van der Waals surface area contributed by atoms with Crippen molar-refractivity contribution in [3.63, 3.8) is 0 Å². The quantitative estimate of drug-likeness (QED) is 0.864. The number of primary amides is 1. The molecule has 1 aliphatic heterocycles. The molecule has 2 fully saturated rings. The van der Waals surface area contributed by atoms with Crippen molar-refractivity contribution in [2.75, 3.05) is 19.7 Å². The van der Waals surface area contributed by atoms with Crippen molar-refractivity contribution in [3.05, 3.63) is 59.9 Å². The number of carbonyl (C=O) groups is 2. The van der Waals surface area contributed by atoms with Gasteiger partial charge in [0.15, 0.2) is 5.60 Å². The number of hydrogen-bond acceptors (Lipinski definition) is 3. The molecular formula is C22H23FN2O3. The van der Waals surface area contributed by atoms with Gasteiger partial charge in [0.2, 0.25) is 5.91 Å². The molecule has 2 N–H and O–H groups in total. The van der Waals surface area contributed by atoms with Crippen LogP contribution in [0.1, 0.15) is 18.4 Å². The van der Waals surface area contributed by atoms with Gasteiger partial charge >= 0.3 is 0 Å². The summed E-state index contributed by atoms with van der Waals surface area (Å²) < 4.78 is 19.4. The predicted molar refractivity (Wildman–Crippen MR) is 103 cm³/mol. The molecule has 0 spiro atoms. The Morgan fingerprint density at radius 2 is 1.86 bits per heavy atom. The minimum absolute atomic E-state index is 0.0833. The molecule has 2 amide bonds. The Morgan fingerprint density at radius 1 is 1.14 bits per heavy atom. The summed E-state index contributed by atoms with van der Waals surface area (Å²) in [5.41, 5.74) is 6.92. The van der Waals surface area contributed by atoms with Crippen molar-refractivity contribution in [1.29, 1.82) is 0 Å². The van der Waals surface area contributed by atoms with Crippen LogP contribution in [-0.4, -0.2) is 42.0 Å². The fourth-order valence-electron chi connectivity index (χ4n) is 3.76. The Bertz CT molecular complexity index is 912. The van der Waals surface area contributed by atoms with Crippen LogP contribution in [0.25, 0.3) is 11.1 Å². The third-order valence-electron chi connectivity index (χ3n) is 5.45. The molecule has 1 unspecified atom stereocenters. The second-order valence-corrected chi connectivity index (χ2v) is 7.63. The van der Waals surface area contributed by atoms with E-state index in [1.54, 1.807) is 11.0 Å². The summed E-state index contributed by atoms with van der Waals surface area (Å²) in [6, 6.07) is 13.9. The minimum atomic E-state index is -1.25. The SMILES string of the molecule is NC(=O)C1(Cc2cccc(-c3cccc(F)c3)c2)CN(C(=O)C2CC2)CCO1. The topological polar surface area (TPSA) is 72.6 Å². The number of benzene rings is 2. The van der Waals surface area contributed by atoms with Crippen molar-refractivity contribution in [2.24, 2.45) is 11.7 Å². The summed E-state index contributed by atoms with van der Waals surface area (Å²) >= 11 is 0. The zero-order chi connectivity index (χ0) is 19.7. The maximum atomic E-state index is 13.6. The number of nitrogens with two attached hydrogens (primary N) is 1. The van der Waals surface area contributed by atoms with Gasteiger partial charge in [0.05, 0.1) is 13.2 Å². The van der Waals surface area contributed by atoms with Gasteiger partial charge in [-0.05, 0) is 41.7 Å². The first-order valence-corrected chi connectivity index (χ1v) is 9.54. The highest BCUT2D eigenvalue weighted by Crippen LogP contribution is 2.33. The maximum Gasteiger partial charge on any atom is 0.251 e. The molecule has 1 atom stereocenters. The van der Waals surface area contributed by atoms with Crippen LogP contribution in [-0.2, 0) is 20.7 Å². The van der Waals surface area contributed by atoms with E-state index < -0.39 is 11.5 Å². The molecule has 1 aliphatic carbocycles. The Morgan fingerprint density at radius 3 is 2.54 bits per heavy atom. The second-order valence-electron chi connectivity index (χ2n) is 7.63. The molecule has 1 heterocycles. The highest BCUT2D eigenvalue weighted by Gasteiger charge is 2.45. The molecule has 1 saturated heterocycles. The van der Waals surface area contributed by atoms with E-state index in [1.165, 1.54) is 12.1 Å². The fourth-order valence-corrected chi connectivity index (χ4v) is 3.76. The fraction of sp³-hybridized carbons (Fsp3) is 0.364. The molecule has 2 aromatic rings. The summed E-state index contributed by atoms with van der Waals surface area (Å²) in [5, 5.41) is 0. The average Bonchev–Trinajstić information content (AvgIpc) is 3.53. The molecule has 146 valence electrons. The lowest BCUT2D eigenvalue weighted by atomic mass is 9.90. The minimum Gasteiger partial charge on any atom is -0.367 e. The van der Waals surface area contributed by atoms with E-state index in [-0.39, 0.29) is 37.2 Å². The van der Waals surface area contributed by atoms with Gasteiger partial charge < -0.3 is 15.4 Å². The van der Waals surface area contributed by atoms with Crippen LogP contribution in [0, 0.1) is 11.7 Å². The van der Waals surface area contributed by atoms with E-state index in [0.717, 1.165) is 29.5 Å². The van der Waals surface area contributed by atoms with Gasteiger partial charge in [-0.25, -0.2) is 4.39 Å². The monoisotopic (exact) mass is 382 g/mol. The van der Waals surface area contributed by atoms with Gasteiger partial charge in [0, 0.05) is 18.9 Å². The number of rotatable bonds is 5. The molecule has 5 nitrogen and oxygen atoms in total. The molecule has 6 heteroatoms. The van der Waals surface area contributed by atoms with E-state index in [0.29, 0.717) is 6.54 Å². The first-order valence-electron chi connectivity index (χ1n) is 9.54. The number of hydrogen-bond donors (Lipinski definition) is 1. The van der Waals surface area contributed by atoms with Gasteiger partial charge in [-0.15, -0.1) is 0 Å². The summed E-state index contributed by atoms with van der Waals surface area (Å²) in [7, 11) is 0. The molecule has 2 aromatic carbocycles. The zero-order valence-corrected chi connectivity index (χ0v) is 15.6. The third kappa shape index (κ3) is 3.78. The van der Waals surface area contributed by atoms with E-state index in [9.17, 15) is 14.0 Å². The van der Waals surface area contributed by atoms with Crippen LogP contribution < -0.4 is 5.73 Å². The summed E-state index contributed by atoms with van der Waals surface area (Å²) in [5.74, 6) is -0.708. The van der Waals surface area contributed by atoms with Gasteiger partial charge in [-0.1, -0.05) is 36.4 Å². The molecule has 2 aliphatic rings. The number of nitrogens with zero attached hydrogens (tertiary/aromatic N) is 1. The lowest BCUT2D eigenvalue weighted by Crippen LogP contribution is -2.61. The number of amides is 2. The molecule has 0 aromatic heterocycles. The molecule has 0 bridgehead atoms. The van der Waals surface area contributed by atoms with Crippen molar-refractivity contribution in [1.82, 2.24) is 4.90 Å². The van der Waals surface area contributed by atoms with Gasteiger partial charge in [-0.3, -0.25) is 9.59 Å². The summed E-state index contributed by atoms with van der Waals surface area (Å²) in [4.78, 5) is 26.5. The van der Waals surface area contributed by atoms with Crippen LogP contribution in [0.3, 0.4) is 0 Å². The van der Waals surface area contributed by atoms with E-state index in [2.05, 4.69) is 0 Å². The van der Waals surface area contributed by atoms with Crippen molar-refractivity contribution in [3.8, 4) is 11.1 Å². The highest BCUT2D eigenvalue weighted by atomic mass is 19.1. The molecule has 28 heavy (non-hydrogen) atoms. The molecule has 0 radical (unpaired) electrons. The normalized spacial score (nSPS) is 22.1. The Balaban J connectivity index is 1.59. The smallest absolute Gasteiger partial charge is 0.251 e. The van der Waals surface area contributed by atoms with E-state index >= 15 is 0 Å². The van der Waals surface area contributed by atoms with Crippen molar-refractivity contribution < 1.29 is 18.7 Å². The van der Waals surface area contributed by atoms with E-state index in [4.69, 9.17) is 10.5 Å². The number of ether oxygens (including phenoxy) is 1. The van der Waals surface area contributed by atoms with Crippen LogP contribution >= 0.6 is 0 Å². The van der Waals surface area contributed by atoms with Gasteiger partial charge in [-0.2, -0.15) is 0 Å². The third-order valence-corrected chi connectivity index (χ3v) is 5.45. The van der Waals surface area contributed by atoms with Crippen LogP contribution in [0.15, 0.2) is 48.5 Å². The maximum absolute atomic E-state index is 13.6. The largest absolute Gasteiger partial charge is 0.367 e. The summed E-state index contributed by atoms with van der Waals surface area (Å²) in [6.45, 7) is 0.931. The van der Waals surface area contributed by atoms with Gasteiger partial charge in [0.25, 0.3) is 5.91 Å². The lowest BCUT2D eigenvalue weighted by Gasteiger charge is -2.41. The Hall–Kier alpha value is -2.73. The second kappa shape index (κ2) is 7.36. The average molecular weight is 382 g/mol. The standard InChI is InChI=1S/C22H23FN2O3/c23-19-6-2-5-18(12-19)17-4-1-3-15(11-17)13-22(21(24)27)14-25(9-10-28-22)20(26)16-7-8-16/h1-6,11-12,16H,7-10,13-14H2,(H2,24,27). The predicted octanol–water partition coefficient (Wildman–Crippen LogP) is 2.53. The summed E-state index contributed by atoms with van der Waals surface area (Å²) in [6.07, 6.45) is 2.09. The lowest BCUT2D eigenvalue weighted by molar-refractivity contribution is -0.164. The first kappa shape index (κ1) is 18.6. The Kier molecular flexibility index (Phi) is 4.89. The van der Waals surface area contributed by atoms with Crippen LogP contribution in [0.5, 0.6) is 0 Å². The van der Waals surface area contributed by atoms with E-state index in [1.807, 2.05) is 30.3 Å². The zero-order valence-electron chi connectivity index (χ0n) is 15.6. The molecular weight excluding hydrogens is 359 g/mol. The van der Waals surface area contributed by atoms with Crippen LogP contribution in [0.4, 0.5) is 4.39 Å². The number of halogens is 1.